The van der Waals surface area contributed by atoms with Gasteiger partial charge in [0.1, 0.15) is 16.3 Å². The monoisotopic (exact) mass is 433 g/mol. The number of esters is 1. The average molecular weight is 434 g/mol. The lowest BCUT2D eigenvalue weighted by molar-refractivity contribution is 0.0735. The van der Waals surface area contributed by atoms with Gasteiger partial charge in [-0.2, -0.15) is 0 Å². The molecule has 0 atom stereocenters. The van der Waals surface area contributed by atoms with Crippen LogP contribution in [-0.2, 0) is 0 Å². The molecular weight excluding hydrogens is 422 g/mol. The summed E-state index contributed by atoms with van der Waals surface area (Å²) in [7, 11) is 0. The van der Waals surface area contributed by atoms with Crippen molar-refractivity contribution in [3.8, 4) is 16.3 Å². The van der Waals surface area contributed by atoms with E-state index in [-0.39, 0.29) is 5.75 Å². The van der Waals surface area contributed by atoms with Gasteiger partial charge in [-0.1, -0.05) is 29.8 Å². The number of nitrogens with zero attached hydrogens (tertiary/aromatic N) is 1. The fourth-order valence-electron chi connectivity index (χ4n) is 3.07. The Kier molecular flexibility index (Phi) is 4.58. The molecule has 0 aliphatic rings. The number of benzene rings is 3. The summed E-state index contributed by atoms with van der Waals surface area (Å²) in [5.41, 5.74) is 1.38. The summed E-state index contributed by atoms with van der Waals surface area (Å²) >= 11 is 7.35. The second kappa shape index (κ2) is 7.40. The Balaban J connectivity index is 1.49. The zero-order chi connectivity index (χ0) is 20.7. The maximum absolute atomic E-state index is 12.6. The number of carbonyl (C=O) groups is 1. The number of halogens is 1. The first-order valence-corrected chi connectivity index (χ1v) is 10.2. The van der Waals surface area contributed by atoms with Crippen molar-refractivity contribution in [2.75, 3.05) is 0 Å². The molecule has 2 aromatic heterocycles. The van der Waals surface area contributed by atoms with E-state index in [1.807, 2.05) is 24.3 Å². The first-order valence-electron chi connectivity index (χ1n) is 8.98. The van der Waals surface area contributed by atoms with Gasteiger partial charge in [-0.15, -0.1) is 11.3 Å². The standard InChI is InChI=1S/C23H12ClNO4S/c24-15-5-3-4-14(10-15)22(26)28-16-9-8-13-11-17(23(27)29-19(13)12-16)21-25-18-6-1-2-7-20(18)30-21/h1-12H. The quantitative estimate of drug-likeness (QED) is 0.200. The first kappa shape index (κ1) is 18.5. The van der Waals surface area contributed by atoms with Crippen molar-refractivity contribution in [3.63, 3.8) is 0 Å². The molecule has 0 saturated carbocycles. The maximum Gasteiger partial charge on any atom is 0.346 e. The summed E-state index contributed by atoms with van der Waals surface area (Å²) in [6.45, 7) is 0. The van der Waals surface area contributed by atoms with E-state index >= 15 is 0 Å². The molecular formula is C23H12ClNO4S. The van der Waals surface area contributed by atoms with Crippen LogP contribution in [0.2, 0.25) is 5.02 Å². The van der Waals surface area contributed by atoms with Gasteiger partial charge >= 0.3 is 11.6 Å². The highest BCUT2D eigenvalue weighted by molar-refractivity contribution is 7.21. The van der Waals surface area contributed by atoms with Crippen LogP contribution in [0, 0.1) is 0 Å². The van der Waals surface area contributed by atoms with Gasteiger partial charge in [0.15, 0.2) is 0 Å². The van der Waals surface area contributed by atoms with Crippen LogP contribution in [0.4, 0.5) is 0 Å². The van der Waals surface area contributed by atoms with Crippen LogP contribution in [0.1, 0.15) is 10.4 Å². The zero-order valence-electron chi connectivity index (χ0n) is 15.3. The molecule has 30 heavy (non-hydrogen) atoms. The van der Waals surface area contributed by atoms with E-state index in [9.17, 15) is 9.59 Å². The van der Waals surface area contributed by atoms with Crippen LogP contribution in [-0.4, -0.2) is 11.0 Å². The lowest BCUT2D eigenvalue weighted by Crippen LogP contribution is -2.08. The normalized spacial score (nSPS) is 11.1. The molecule has 0 N–H and O–H groups in total. The summed E-state index contributed by atoms with van der Waals surface area (Å²) in [5.74, 6) is -0.284. The van der Waals surface area contributed by atoms with E-state index in [4.69, 9.17) is 20.8 Å². The van der Waals surface area contributed by atoms with Gasteiger partial charge in [0.25, 0.3) is 0 Å². The van der Waals surface area contributed by atoms with Crippen molar-refractivity contribution in [2.45, 2.75) is 0 Å². The second-order valence-corrected chi connectivity index (χ2v) is 8.00. The topological polar surface area (TPSA) is 69.4 Å². The van der Waals surface area contributed by atoms with E-state index in [1.54, 1.807) is 36.4 Å². The number of para-hydroxylation sites is 1. The highest BCUT2D eigenvalue weighted by atomic mass is 35.5. The molecule has 0 fully saturated rings. The minimum atomic E-state index is -0.551. The molecule has 0 radical (unpaired) electrons. The molecule has 5 aromatic rings. The van der Waals surface area contributed by atoms with Gasteiger partial charge in [0.2, 0.25) is 0 Å². The fraction of sp³-hybridized carbons (Fsp3) is 0. The van der Waals surface area contributed by atoms with Gasteiger partial charge < -0.3 is 9.15 Å². The van der Waals surface area contributed by atoms with E-state index in [1.165, 1.54) is 23.5 Å². The molecule has 0 spiro atoms. The number of hydrogen-bond donors (Lipinski definition) is 0. The van der Waals surface area contributed by atoms with Crippen molar-refractivity contribution in [2.24, 2.45) is 0 Å². The highest BCUT2D eigenvalue weighted by Gasteiger charge is 2.14. The Bertz CT molecular complexity index is 1450. The number of fused-ring (bicyclic) bond motifs is 2. The molecule has 7 heteroatoms. The van der Waals surface area contributed by atoms with E-state index in [0.717, 1.165) is 10.2 Å². The molecule has 0 amide bonds. The van der Waals surface area contributed by atoms with Crippen molar-refractivity contribution in [1.82, 2.24) is 4.98 Å². The van der Waals surface area contributed by atoms with Gasteiger partial charge in [0, 0.05) is 16.5 Å². The Hall–Kier alpha value is -3.48. The number of thiazole rings is 1. The second-order valence-electron chi connectivity index (χ2n) is 6.53. The minimum Gasteiger partial charge on any atom is -0.423 e. The van der Waals surface area contributed by atoms with Crippen molar-refractivity contribution < 1.29 is 13.9 Å². The summed E-state index contributed by atoms with van der Waals surface area (Å²) in [4.78, 5) is 29.4. The summed E-state index contributed by atoms with van der Waals surface area (Å²) in [6.07, 6.45) is 0. The SMILES string of the molecule is O=C(Oc1ccc2cc(-c3nc4ccccc4s3)c(=O)oc2c1)c1cccc(Cl)c1. The van der Waals surface area contributed by atoms with Crippen LogP contribution in [0.25, 0.3) is 31.8 Å². The van der Waals surface area contributed by atoms with Crippen molar-refractivity contribution in [1.29, 1.82) is 0 Å². The molecule has 0 bridgehead atoms. The summed E-state index contributed by atoms with van der Waals surface area (Å²) < 4.78 is 11.9. The van der Waals surface area contributed by atoms with E-state index < -0.39 is 11.6 Å². The van der Waals surface area contributed by atoms with E-state index in [2.05, 4.69) is 4.98 Å². The van der Waals surface area contributed by atoms with Crippen LogP contribution in [0.3, 0.4) is 0 Å². The number of carbonyl (C=O) groups excluding carboxylic acids is 1. The molecule has 3 aromatic carbocycles. The van der Waals surface area contributed by atoms with Crippen LogP contribution in [0.5, 0.6) is 5.75 Å². The molecule has 0 aliphatic heterocycles. The molecule has 2 heterocycles. The van der Waals surface area contributed by atoms with Crippen molar-refractivity contribution in [3.05, 3.63) is 93.8 Å². The zero-order valence-corrected chi connectivity index (χ0v) is 16.9. The molecule has 0 unspecified atom stereocenters. The number of rotatable bonds is 3. The Morgan fingerprint density at radius 1 is 1.00 bits per heavy atom. The average Bonchev–Trinajstić information content (AvgIpc) is 3.17. The number of ether oxygens (including phenoxy) is 1. The lowest BCUT2D eigenvalue weighted by Gasteiger charge is -2.06. The minimum absolute atomic E-state index is 0.267. The molecule has 0 aliphatic carbocycles. The predicted molar refractivity (Wildman–Crippen MR) is 118 cm³/mol. The fourth-order valence-corrected chi connectivity index (χ4v) is 4.23. The maximum atomic E-state index is 12.6. The number of hydrogen-bond acceptors (Lipinski definition) is 6. The Morgan fingerprint density at radius 3 is 2.70 bits per heavy atom. The molecule has 5 nitrogen and oxygen atoms in total. The highest BCUT2D eigenvalue weighted by Crippen LogP contribution is 2.30. The summed E-state index contributed by atoms with van der Waals surface area (Å²) in [5, 5.41) is 1.74. The summed E-state index contributed by atoms with van der Waals surface area (Å²) in [6, 6.07) is 20.8. The molecule has 0 saturated heterocycles. The third-order valence-corrected chi connectivity index (χ3v) is 5.81. The molecule has 146 valence electrons. The van der Waals surface area contributed by atoms with Gasteiger partial charge in [0.05, 0.1) is 21.3 Å². The van der Waals surface area contributed by atoms with Crippen molar-refractivity contribution >= 4 is 50.1 Å². The van der Waals surface area contributed by atoms with Gasteiger partial charge in [-0.25, -0.2) is 14.6 Å². The lowest BCUT2D eigenvalue weighted by atomic mass is 10.2. The smallest absolute Gasteiger partial charge is 0.346 e. The van der Waals surface area contributed by atoms with Crippen LogP contribution >= 0.6 is 22.9 Å². The van der Waals surface area contributed by atoms with Gasteiger partial charge in [-0.3, -0.25) is 0 Å². The van der Waals surface area contributed by atoms with Crippen LogP contribution in [0.15, 0.2) is 82.0 Å². The van der Waals surface area contributed by atoms with Gasteiger partial charge in [-0.05, 0) is 48.5 Å². The largest absolute Gasteiger partial charge is 0.423 e. The first-order chi connectivity index (χ1) is 14.6. The predicted octanol–water partition coefficient (Wildman–Crippen LogP) is 5.94. The van der Waals surface area contributed by atoms with E-state index in [0.29, 0.717) is 32.1 Å². The number of aromatic nitrogens is 1. The third-order valence-electron chi connectivity index (χ3n) is 4.50. The molecule has 5 rings (SSSR count). The van der Waals surface area contributed by atoms with Crippen LogP contribution < -0.4 is 10.4 Å². The third kappa shape index (κ3) is 3.47. The Labute approximate surface area is 179 Å². The Morgan fingerprint density at radius 2 is 1.87 bits per heavy atom.